The molecule has 0 aliphatic heterocycles. The number of carbonyl (C=O) groups excluding carboxylic acids is 1. The summed E-state index contributed by atoms with van der Waals surface area (Å²) < 4.78 is 5.48. The Morgan fingerprint density at radius 2 is 2.17 bits per heavy atom. The molecule has 0 heterocycles. The molecule has 2 amide bonds. The van der Waals surface area contributed by atoms with Crippen LogP contribution in [0.15, 0.2) is 24.3 Å². The monoisotopic (exact) mass is 320 g/mol. The molecule has 1 aliphatic carbocycles. The maximum Gasteiger partial charge on any atom is 0.315 e. The predicted octanol–water partition coefficient (Wildman–Crippen LogP) is 2.83. The third-order valence-corrected chi connectivity index (χ3v) is 4.46. The molecule has 2 atom stereocenters. The van der Waals surface area contributed by atoms with E-state index in [1.807, 2.05) is 24.3 Å². The van der Waals surface area contributed by atoms with Gasteiger partial charge in [-0.3, -0.25) is 0 Å². The van der Waals surface area contributed by atoms with Crippen LogP contribution in [0, 0.1) is 5.92 Å². The number of ether oxygens (including phenoxy) is 1. The van der Waals surface area contributed by atoms with Crippen LogP contribution in [0.25, 0.3) is 0 Å². The largest absolute Gasteiger partial charge is 0.491 e. The second-order valence-electron chi connectivity index (χ2n) is 6.14. The molecular formula is C18H28N2O3. The summed E-state index contributed by atoms with van der Waals surface area (Å²) in [5.74, 6) is 1.44. The maximum atomic E-state index is 12.1. The number of amides is 2. The summed E-state index contributed by atoms with van der Waals surface area (Å²) in [6, 6.07) is 7.72. The Morgan fingerprint density at radius 1 is 1.35 bits per heavy atom. The number of carbonyl (C=O) groups is 1. The highest BCUT2D eigenvalue weighted by molar-refractivity contribution is 5.74. The van der Waals surface area contributed by atoms with E-state index in [2.05, 4.69) is 17.6 Å². The van der Waals surface area contributed by atoms with Crippen molar-refractivity contribution in [3.05, 3.63) is 29.8 Å². The molecule has 0 aromatic heterocycles. The lowest BCUT2D eigenvalue weighted by Crippen LogP contribution is -2.43. The summed E-state index contributed by atoms with van der Waals surface area (Å²) in [4.78, 5) is 12.1. The number of benzene rings is 1. The van der Waals surface area contributed by atoms with Crippen molar-refractivity contribution in [1.29, 1.82) is 0 Å². The van der Waals surface area contributed by atoms with Gasteiger partial charge in [0.1, 0.15) is 12.4 Å². The molecule has 1 saturated carbocycles. The van der Waals surface area contributed by atoms with Crippen molar-refractivity contribution in [3.63, 3.8) is 0 Å². The lowest BCUT2D eigenvalue weighted by Gasteiger charge is -2.29. The minimum Gasteiger partial charge on any atom is -0.491 e. The zero-order valence-electron chi connectivity index (χ0n) is 13.9. The Kier molecular flexibility index (Phi) is 7.20. The molecule has 23 heavy (non-hydrogen) atoms. The molecule has 2 unspecified atom stereocenters. The molecule has 128 valence electrons. The van der Waals surface area contributed by atoms with Crippen molar-refractivity contribution in [3.8, 4) is 5.75 Å². The quantitative estimate of drug-likeness (QED) is 0.723. The second kappa shape index (κ2) is 9.40. The first kappa shape index (κ1) is 17.6. The third-order valence-electron chi connectivity index (χ3n) is 4.46. The van der Waals surface area contributed by atoms with Crippen LogP contribution in [0.5, 0.6) is 5.75 Å². The molecule has 5 heteroatoms. The van der Waals surface area contributed by atoms with Gasteiger partial charge in [0.05, 0.1) is 6.61 Å². The Bertz CT molecular complexity index is 493. The normalized spacial score (nSPS) is 20.8. The van der Waals surface area contributed by atoms with E-state index in [0.717, 1.165) is 24.3 Å². The van der Waals surface area contributed by atoms with Gasteiger partial charge in [0, 0.05) is 18.2 Å². The number of urea groups is 1. The van der Waals surface area contributed by atoms with Gasteiger partial charge >= 0.3 is 6.03 Å². The lowest BCUT2D eigenvalue weighted by atomic mass is 9.84. The van der Waals surface area contributed by atoms with E-state index in [0.29, 0.717) is 12.3 Å². The van der Waals surface area contributed by atoms with Gasteiger partial charge in [0.2, 0.25) is 0 Å². The SMILES string of the molecule is CCC1CCCC(NC(=O)NCc2ccccc2OCCO)C1. The second-order valence-corrected chi connectivity index (χ2v) is 6.14. The van der Waals surface area contributed by atoms with E-state index in [-0.39, 0.29) is 25.3 Å². The number of hydrogen-bond donors (Lipinski definition) is 3. The fourth-order valence-electron chi connectivity index (χ4n) is 3.15. The molecule has 0 radical (unpaired) electrons. The van der Waals surface area contributed by atoms with Crippen LogP contribution >= 0.6 is 0 Å². The van der Waals surface area contributed by atoms with Crippen LogP contribution in [-0.4, -0.2) is 30.4 Å². The van der Waals surface area contributed by atoms with Gasteiger partial charge in [0.15, 0.2) is 0 Å². The first-order chi connectivity index (χ1) is 11.2. The molecule has 1 fully saturated rings. The van der Waals surface area contributed by atoms with Crippen molar-refractivity contribution < 1.29 is 14.6 Å². The van der Waals surface area contributed by atoms with E-state index in [1.165, 1.54) is 19.3 Å². The number of rotatable bonds is 7. The summed E-state index contributed by atoms with van der Waals surface area (Å²) in [7, 11) is 0. The van der Waals surface area contributed by atoms with Crippen molar-refractivity contribution in [2.45, 2.75) is 51.6 Å². The summed E-state index contributed by atoms with van der Waals surface area (Å²) in [6.07, 6.45) is 5.82. The van der Waals surface area contributed by atoms with Crippen LogP contribution in [0.2, 0.25) is 0 Å². The van der Waals surface area contributed by atoms with E-state index in [1.54, 1.807) is 0 Å². The van der Waals surface area contributed by atoms with Gasteiger partial charge in [-0.2, -0.15) is 0 Å². The number of aliphatic hydroxyl groups is 1. The molecule has 0 bridgehead atoms. The molecule has 1 aliphatic rings. The molecule has 2 rings (SSSR count). The van der Waals surface area contributed by atoms with Gasteiger partial charge in [-0.1, -0.05) is 44.4 Å². The zero-order valence-corrected chi connectivity index (χ0v) is 13.9. The minimum absolute atomic E-state index is 0.0253. The molecule has 0 spiro atoms. The summed E-state index contributed by atoms with van der Waals surface area (Å²) in [5.41, 5.74) is 0.908. The maximum absolute atomic E-state index is 12.1. The average molecular weight is 320 g/mol. The standard InChI is InChI=1S/C18H28N2O3/c1-2-14-6-5-8-16(12-14)20-18(22)19-13-15-7-3-4-9-17(15)23-11-10-21/h3-4,7,9,14,16,21H,2,5-6,8,10-13H2,1H3,(H2,19,20,22). The predicted molar refractivity (Wildman–Crippen MR) is 90.4 cm³/mol. The summed E-state index contributed by atoms with van der Waals surface area (Å²) >= 11 is 0. The van der Waals surface area contributed by atoms with Gasteiger partial charge < -0.3 is 20.5 Å². The average Bonchev–Trinajstić information content (AvgIpc) is 2.59. The first-order valence-electron chi connectivity index (χ1n) is 8.58. The molecule has 1 aromatic carbocycles. The van der Waals surface area contributed by atoms with E-state index in [9.17, 15) is 4.79 Å². The molecule has 0 saturated heterocycles. The van der Waals surface area contributed by atoms with Crippen molar-refractivity contribution >= 4 is 6.03 Å². The fourth-order valence-corrected chi connectivity index (χ4v) is 3.15. The highest BCUT2D eigenvalue weighted by atomic mass is 16.5. The first-order valence-corrected chi connectivity index (χ1v) is 8.58. The number of hydrogen-bond acceptors (Lipinski definition) is 3. The van der Waals surface area contributed by atoms with Gasteiger partial charge in [-0.25, -0.2) is 4.79 Å². The van der Waals surface area contributed by atoms with Crippen LogP contribution in [0.4, 0.5) is 4.79 Å². The number of nitrogens with one attached hydrogen (secondary N) is 2. The highest BCUT2D eigenvalue weighted by Crippen LogP contribution is 2.26. The molecule has 3 N–H and O–H groups in total. The molecule has 1 aromatic rings. The van der Waals surface area contributed by atoms with Gasteiger partial charge in [0.25, 0.3) is 0 Å². The van der Waals surface area contributed by atoms with Crippen molar-refractivity contribution in [2.75, 3.05) is 13.2 Å². The minimum atomic E-state index is -0.122. The summed E-state index contributed by atoms with van der Waals surface area (Å²) in [6.45, 7) is 2.86. The van der Waals surface area contributed by atoms with Crippen LogP contribution in [0.1, 0.15) is 44.6 Å². The number of para-hydroxylation sites is 1. The fraction of sp³-hybridized carbons (Fsp3) is 0.611. The number of aliphatic hydroxyl groups excluding tert-OH is 1. The van der Waals surface area contributed by atoms with E-state index >= 15 is 0 Å². The van der Waals surface area contributed by atoms with Crippen molar-refractivity contribution in [1.82, 2.24) is 10.6 Å². The Balaban J connectivity index is 1.80. The molecular weight excluding hydrogens is 292 g/mol. The molecule has 5 nitrogen and oxygen atoms in total. The van der Waals surface area contributed by atoms with E-state index in [4.69, 9.17) is 9.84 Å². The summed E-state index contributed by atoms with van der Waals surface area (Å²) in [5, 5.41) is 14.8. The zero-order chi connectivity index (χ0) is 16.5. The Morgan fingerprint density at radius 3 is 2.96 bits per heavy atom. The van der Waals surface area contributed by atoms with Crippen LogP contribution in [-0.2, 0) is 6.54 Å². The van der Waals surface area contributed by atoms with Crippen LogP contribution < -0.4 is 15.4 Å². The van der Waals surface area contributed by atoms with Gasteiger partial charge in [-0.05, 0) is 24.8 Å². The van der Waals surface area contributed by atoms with Crippen molar-refractivity contribution in [2.24, 2.45) is 5.92 Å². The topological polar surface area (TPSA) is 70.6 Å². The van der Waals surface area contributed by atoms with Gasteiger partial charge in [-0.15, -0.1) is 0 Å². The lowest BCUT2D eigenvalue weighted by molar-refractivity contribution is 0.200. The highest BCUT2D eigenvalue weighted by Gasteiger charge is 2.21. The Labute approximate surface area is 138 Å². The Hall–Kier alpha value is -1.75. The van der Waals surface area contributed by atoms with E-state index < -0.39 is 0 Å². The van der Waals surface area contributed by atoms with Crippen LogP contribution in [0.3, 0.4) is 0 Å². The third kappa shape index (κ3) is 5.75. The smallest absolute Gasteiger partial charge is 0.315 e.